The zero-order valence-electron chi connectivity index (χ0n) is 16.9. The lowest BCUT2D eigenvalue weighted by molar-refractivity contribution is -0.148. The lowest BCUT2D eigenvalue weighted by Crippen LogP contribution is -2.51. The first-order valence-electron chi connectivity index (χ1n) is 9.87. The van der Waals surface area contributed by atoms with Crippen molar-refractivity contribution in [3.63, 3.8) is 0 Å². The van der Waals surface area contributed by atoms with E-state index in [-0.39, 0.29) is 19.4 Å². The van der Waals surface area contributed by atoms with Gasteiger partial charge in [-0.05, 0) is 17.2 Å². The van der Waals surface area contributed by atoms with Gasteiger partial charge in [-0.25, -0.2) is 9.59 Å². The van der Waals surface area contributed by atoms with Crippen LogP contribution in [0.3, 0.4) is 0 Å². The summed E-state index contributed by atoms with van der Waals surface area (Å²) in [4.78, 5) is 41.8. The van der Waals surface area contributed by atoms with Gasteiger partial charge in [-0.3, -0.25) is 9.69 Å². The van der Waals surface area contributed by atoms with Crippen molar-refractivity contribution < 1.29 is 29.0 Å². The minimum atomic E-state index is -1.18. The van der Waals surface area contributed by atoms with E-state index in [4.69, 9.17) is 9.47 Å². The molecule has 2 N–H and O–H groups in total. The molecule has 4 rings (SSSR count). The third-order valence-electron chi connectivity index (χ3n) is 5.54. The van der Waals surface area contributed by atoms with Crippen LogP contribution in [-0.2, 0) is 32.1 Å². The molecule has 0 radical (unpaired) electrons. The molecular weight excluding hydrogens is 400 g/mol. The van der Waals surface area contributed by atoms with E-state index in [0.717, 1.165) is 26.9 Å². The van der Waals surface area contributed by atoms with Crippen molar-refractivity contribution in [1.29, 1.82) is 0 Å². The SMILES string of the molecule is COC(=O)C[C@H]1c2[nH]c3ccccc3c2C[C@@H](C(=O)O)N1C(=O)OCc1ccccc1. The Morgan fingerprint density at radius 2 is 1.81 bits per heavy atom. The summed E-state index contributed by atoms with van der Waals surface area (Å²) >= 11 is 0. The van der Waals surface area contributed by atoms with E-state index < -0.39 is 30.1 Å². The quantitative estimate of drug-likeness (QED) is 0.610. The highest BCUT2D eigenvalue weighted by Gasteiger charge is 2.44. The van der Waals surface area contributed by atoms with Gasteiger partial charge < -0.3 is 19.6 Å². The molecule has 1 aliphatic rings. The monoisotopic (exact) mass is 422 g/mol. The van der Waals surface area contributed by atoms with Crippen LogP contribution in [0, 0.1) is 0 Å². The number of hydrogen-bond donors (Lipinski definition) is 2. The van der Waals surface area contributed by atoms with Crippen LogP contribution in [0.2, 0.25) is 0 Å². The van der Waals surface area contributed by atoms with E-state index in [1.165, 1.54) is 7.11 Å². The minimum absolute atomic E-state index is 0.00693. The number of nitrogens with zero attached hydrogens (tertiary/aromatic N) is 1. The standard InChI is InChI=1S/C23H22N2O6/c1-30-20(26)12-18-21-16(15-9-5-6-10-17(15)24-21)11-19(22(27)28)25(18)23(29)31-13-14-7-3-2-4-8-14/h2-10,18-19,24H,11-13H2,1H3,(H,27,28)/t18-,19-/m0/s1. The summed E-state index contributed by atoms with van der Waals surface area (Å²) < 4.78 is 10.3. The number of carboxylic acid groups (broad SMARTS) is 1. The Labute approximate surface area is 178 Å². The zero-order chi connectivity index (χ0) is 22.0. The number of carbonyl (C=O) groups excluding carboxylic acids is 2. The van der Waals surface area contributed by atoms with E-state index in [1.807, 2.05) is 42.5 Å². The molecule has 0 saturated heterocycles. The highest BCUT2D eigenvalue weighted by atomic mass is 16.6. The number of nitrogens with one attached hydrogen (secondary N) is 1. The number of para-hydroxylation sites is 1. The molecule has 0 unspecified atom stereocenters. The number of hydrogen-bond acceptors (Lipinski definition) is 5. The van der Waals surface area contributed by atoms with Gasteiger partial charge in [0.15, 0.2) is 0 Å². The van der Waals surface area contributed by atoms with Crippen molar-refractivity contribution in [3.8, 4) is 0 Å². The van der Waals surface area contributed by atoms with E-state index in [0.29, 0.717) is 5.69 Å². The van der Waals surface area contributed by atoms with Crippen molar-refractivity contribution in [3.05, 3.63) is 71.4 Å². The number of aromatic amines is 1. The van der Waals surface area contributed by atoms with E-state index in [9.17, 15) is 19.5 Å². The number of amides is 1. The van der Waals surface area contributed by atoms with Gasteiger partial charge in [-0.2, -0.15) is 0 Å². The second-order valence-electron chi connectivity index (χ2n) is 7.36. The third kappa shape index (κ3) is 3.96. The van der Waals surface area contributed by atoms with Gasteiger partial charge in [0.25, 0.3) is 0 Å². The molecule has 1 amide bonds. The predicted molar refractivity (Wildman–Crippen MR) is 111 cm³/mol. The van der Waals surface area contributed by atoms with E-state index >= 15 is 0 Å². The first-order chi connectivity index (χ1) is 15.0. The van der Waals surface area contributed by atoms with Gasteiger partial charge in [-0.15, -0.1) is 0 Å². The average Bonchev–Trinajstić information content (AvgIpc) is 3.16. The smallest absolute Gasteiger partial charge is 0.411 e. The largest absolute Gasteiger partial charge is 0.480 e. The molecule has 31 heavy (non-hydrogen) atoms. The molecule has 3 aromatic rings. The number of fused-ring (bicyclic) bond motifs is 3. The summed E-state index contributed by atoms with van der Waals surface area (Å²) in [5, 5.41) is 10.8. The van der Waals surface area contributed by atoms with Gasteiger partial charge in [0.1, 0.15) is 12.6 Å². The normalized spacial score (nSPS) is 17.8. The Morgan fingerprint density at radius 1 is 1.10 bits per heavy atom. The maximum absolute atomic E-state index is 13.1. The summed E-state index contributed by atoms with van der Waals surface area (Å²) in [5.74, 6) is -1.72. The number of carbonyl (C=O) groups is 3. The molecule has 160 valence electrons. The molecule has 1 aromatic heterocycles. The summed E-state index contributed by atoms with van der Waals surface area (Å²) in [6.07, 6.45) is -0.887. The van der Waals surface area contributed by atoms with Crippen molar-refractivity contribution in [2.45, 2.75) is 31.5 Å². The fourth-order valence-electron chi connectivity index (χ4n) is 4.07. The number of carboxylic acids is 1. The molecule has 1 aliphatic heterocycles. The number of benzene rings is 2. The lowest BCUT2D eigenvalue weighted by Gasteiger charge is -2.38. The Balaban J connectivity index is 1.73. The number of ether oxygens (including phenoxy) is 2. The van der Waals surface area contributed by atoms with Crippen molar-refractivity contribution in [1.82, 2.24) is 9.88 Å². The summed E-state index contributed by atoms with van der Waals surface area (Å²) in [6.45, 7) is -0.00693. The molecule has 0 spiro atoms. The number of aromatic nitrogens is 1. The van der Waals surface area contributed by atoms with E-state index in [2.05, 4.69) is 4.98 Å². The van der Waals surface area contributed by atoms with Crippen LogP contribution >= 0.6 is 0 Å². The average molecular weight is 422 g/mol. The highest BCUT2D eigenvalue weighted by molar-refractivity contribution is 5.89. The van der Waals surface area contributed by atoms with Crippen LogP contribution < -0.4 is 0 Å². The predicted octanol–water partition coefficient (Wildman–Crippen LogP) is 3.42. The Hall–Kier alpha value is -3.81. The van der Waals surface area contributed by atoms with Gasteiger partial charge in [0, 0.05) is 23.0 Å². The van der Waals surface area contributed by atoms with Gasteiger partial charge in [0.05, 0.1) is 19.6 Å². The van der Waals surface area contributed by atoms with Crippen molar-refractivity contribution >= 4 is 28.9 Å². The van der Waals surface area contributed by atoms with Crippen molar-refractivity contribution in [2.24, 2.45) is 0 Å². The number of rotatable bonds is 5. The fourth-order valence-corrected chi connectivity index (χ4v) is 4.07. The summed E-state index contributed by atoms with van der Waals surface area (Å²) in [6, 6.07) is 14.6. The molecule has 0 fully saturated rings. The molecule has 0 saturated carbocycles. The van der Waals surface area contributed by atoms with Crippen LogP contribution in [0.1, 0.15) is 29.3 Å². The highest BCUT2D eigenvalue weighted by Crippen LogP contribution is 2.39. The summed E-state index contributed by atoms with van der Waals surface area (Å²) in [7, 11) is 1.25. The van der Waals surface area contributed by atoms with Gasteiger partial charge in [0.2, 0.25) is 0 Å². The van der Waals surface area contributed by atoms with Crippen LogP contribution in [0.4, 0.5) is 4.79 Å². The molecule has 8 heteroatoms. The molecule has 2 heterocycles. The van der Waals surface area contributed by atoms with Crippen LogP contribution in [0.25, 0.3) is 10.9 Å². The van der Waals surface area contributed by atoms with E-state index in [1.54, 1.807) is 12.1 Å². The Morgan fingerprint density at radius 3 is 2.52 bits per heavy atom. The Bertz CT molecular complexity index is 1120. The summed E-state index contributed by atoms with van der Waals surface area (Å²) in [5.41, 5.74) is 2.99. The first kappa shape index (κ1) is 20.5. The Kier molecular flexibility index (Phi) is 5.62. The molecule has 0 bridgehead atoms. The minimum Gasteiger partial charge on any atom is -0.480 e. The maximum Gasteiger partial charge on any atom is 0.411 e. The molecule has 0 aliphatic carbocycles. The van der Waals surface area contributed by atoms with Crippen LogP contribution in [0.15, 0.2) is 54.6 Å². The first-order valence-corrected chi connectivity index (χ1v) is 9.87. The van der Waals surface area contributed by atoms with Gasteiger partial charge >= 0.3 is 18.0 Å². The molecule has 8 nitrogen and oxygen atoms in total. The zero-order valence-corrected chi connectivity index (χ0v) is 16.9. The second-order valence-corrected chi connectivity index (χ2v) is 7.36. The fraction of sp³-hybridized carbons (Fsp3) is 0.261. The van der Waals surface area contributed by atoms with Crippen molar-refractivity contribution in [2.75, 3.05) is 7.11 Å². The molecule has 2 atom stereocenters. The number of H-pyrrole nitrogens is 1. The molecular formula is C23H22N2O6. The van der Waals surface area contributed by atoms with Crippen LogP contribution in [0.5, 0.6) is 0 Å². The van der Waals surface area contributed by atoms with Gasteiger partial charge in [-0.1, -0.05) is 48.5 Å². The topological polar surface area (TPSA) is 109 Å². The van der Waals surface area contributed by atoms with Crippen LogP contribution in [-0.4, -0.2) is 46.2 Å². The number of aliphatic carboxylic acids is 1. The molecule has 2 aromatic carbocycles. The lowest BCUT2D eigenvalue weighted by atomic mass is 9.90. The third-order valence-corrected chi connectivity index (χ3v) is 5.54. The number of methoxy groups -OCH3 is 1. The number of esters is 1. The second kappa shape index (κ2) is 8.51. The maximum atomic E-state index is 13.1.